The molecule has 0 radical (unpaired) electrons. The zero-order valence-electron chi connectivity index (χ0n) is 13.3. The summed E-state index contributed by atoms with van der Waals surface area (Å²) in [6.07, 6.45) is 0. The predicted molar refractivity (Wildman–Crippen MR) is 85.2 cm³/mol. The molecule has 4 heteroatoms. The number of hydrogen-bond acceptors (Lipinski definition) is 3. The first-order chi connectivity index (χ1) is 10.0. The normalized spacial score (nSPS) is 11.5. The van der Waals surface area contributed by atoms with Gasteiger partial charge in [-0.15, -0.1) is 0 Å². The third-order valence-corrected chi connectivity index (χ3v) is 3.34. The van der Waals surface area contributed by atoms with Crippen LogP contribution in [0.4, 0.5) is 0 Å². The van der Waals surface area contributed by atoms with Crippen molar-refractivity contribution in [3.63, 3.8) is 0 Å². The maximum absolute atomic E-state index is 12.7. The highest BCUT2D eigenvalue weighted by atomic mass is 16.5. The Morgan fingerprint density at radius 3 is 2.76 bits per heavy atom. The molecule has 1 aromatic carbocycles. The topological polar surface area (TPSA) is 55.6 Å². The van der Waals surface area contributed by atoms with Crippen LogP contribution in [0.25, 0.3) is 0 Å². The summed E-state index contributed by atoms with van der Waals surface area (Å²) >= 11 is 0. The molecule has 0 saturated heterocycles. The zero-order chi connectivity index (χ0) is 15.8. The maximum Gasteiger partial charge on any atom is 0.254 e. The molecular formula is C17H24N2O2. The number of rotatable bonds is 5. The van der Waals surface area contributed by atoms with Gasteiger partial charge in [-0.1, -0.05) is 17.9 Å². The van der Waals surface area contributed by atoms with E-state index in [1.54, 1.807) is 7.11 Å². The van der Waals surface area contributed by atoms with Crippen molar-refractivity contribution in [2.24, 2.45) is 5.73 Å². The first-order valence-corrected chi connectivity index (χ1v) is 7.14. The van der Waals surface area contributed by atoms with Crippen LogP contribution in [0.2, 0.25) is 0 Å². The fourth-order valence-corrected chi connectivity index (χ4v) is 2.22. The van der Waals surface area contributed by atoms with Gasteiger partial charge in [0.1, 0.15) is 0 Å². The lowest BCUT2D eigenvalue weighted by Crippen LogP contribution is -2.41. The van der Waals surface area contributed by atoms with E-state index >= 15 is 0 Å². The van der Waals surface area contributed by atoms with Gasteiger partial charge in [-0.2, -0.15) is 0 Å². The molecule has 0 spiro atoms. The van der Waals surface area contributed by atoms with Crippen LogP contribution in [-0.2, 0) is 4.74 Å². The fraction of sp³-hybridized carbons (Fsp3) is 0.471. The van der Waals surface area contributed by atoms with E-state index in [9.17, 15) is 4.79 Å². The Morgan fingerprint density at radius 2 is 2.19 bits per heavy atom. The Kier molecular flexibility index (Phi) is 6.93. The lowest BCUT2D eigenvalue weighted by Gasteiger charge is -2.28. The van der Waals surface area contributed by atoms with Crippen molar-refractivity contribution in [2.45, 2.75) is 26.8 Å². The summed E-state index contributed by atoms with van der Waals surface area (Å²) < 4.78 is 5.15. The second-order valence-corrected chi connectivity index (χ2v) is 4.93. The molecule has 0 heterocycles. The zero-order valence-corrected chi connectivity index (χ0v) is 13.3. The minimum Gasteiger partial charge on any atom is -0.383 e. The first-order valence-electron chi connectivity index (χ1n) is 7.14. The summed E-state index contributed by atoms with van der Waals surface area (Å²) in [4.78, 5) is 14.5. The Labute approximate surface area is 127 Å². The average molecular weight is 288 g/mol. The molecule has 0 aliphatic heterocycles. The standard InChI is InChI=1S/C17H24N2O2/c1-5-19(14(3)12-21-4)17(20)16-11-15(7-6-10-18)9-8-13(16)2/h8-9,11,14H,5,10,12,18H2,1-4H3. The molecule has 0 bridgehead atoms. The number of likely N-dealkylation sites (N-methyl/N-ethyl adjacent to an activating group) is 1. The molecular weight excluding hydrogens is 264 g/mol. The molecule has 0 aliphatic rings. The second kappa shape index (κ2) is 8.46. The molecule has 0 saturated carbocycles. The largest absolute Gasteiger partial charge is 0.383 e. The Hall–Kier alpha value is -1.83. The number of carbonyl (C=O) groups excluding carboxylic acids is 1. The number of aryl methyl sites for hydroxylation is 1. The van der Waals surface area contributed by atoms with E-state index in [-0.39, 0.29) is 11.9 Å². The van der Waals surface area contributed by atoms with Crippen LogP contribution in [0.3, 0.4) is 0 Å². The van der Waals surface area contributed by atoms with Gasteiger partial charge in [0.05, 0.1) is 19.2 Å². The van der Waals surface area contributed by atoms with Crippen LogP contribution in [0.5, 0.6) is 0 Å². The lowest BCUT2D eigenvalue weighted by atomic mass is 10.0. The van der Waals surface area contributed by atoms with E-state index in [4.69, 9.17) is 10.5 Å². The number of carbonyl (C=O) groups is 1. The SMILES string of the molecule is CCN(C(=O)c1cc(C#CCN)ccc1C)C(C)COC. The van der Waals surface area contributed by atoms with Crippen molar-refractivity contribution >= 4 is 5.91 Å². The van der Waals surface area contributed by atoms with Gasteiger partial charge in [-0.05, 0) is 38.5 Å². The van der Waals surface area contributed by atoms with Gasteiger partial charge in [-0.25, -0.2) is 0 Å². The molecule has 4 nitrogen and oxygen atoms in total. The Bertz CT molecular complexity index is 543. The molecule has 1 unspecified atom stereocenters. The van der Waals surface area contributed by atoms with Crippen molar-refractivity contribution < 1.29 is 9.53 Å². The van der Waals surface area contributed by atoms with Crippen LogP contribution < -0.4 is 5.73 Å². The van der Waals surface area contributed by atoms with Crippen LogP contribution in [-0.4, -0.2) is 43.7 Å². The van der Waals surface area contributed by atoms with Crippen LogP contribution in [0.15, 0.2) is 18.2 Å². The molecule has 0 aromatic heterocycles. The molecule has 114 valence electrons. The van der Waals surface area contributed by atoms with E-state index in [0.29, 0.717) is 25.3 Å². The summed E-state index contributed by atoms with van der Waals surface area (Å²) in [5.41, 5.74) is 7.82. The Balaban J connectivity index is 3.09. The number of benzene rings is 1. The first kappa shape index (κ1) is 17.2. The molecule has 0 aliphatic carbocycles. The van der Waals surface area contributed by atoms with Crippen molar-refractivity contribution in [3.8, 4) is 11.8 Å². The third kappa shape index (κ3) is 4.59. The van der Waals surface area contributed by atoms with Crippen LogP contribution >= 0.6 is 0 Å². The van der Waals surface area contributed by atoms with E-state index < -0.39 is 0 Å². The summed E-state index contributed by atoms with van der Waals surface area (Å²) in [6, 6.07) is 5.69. The van der Waals surface area contributed by atoms with E-state index in [0.717, 1.165) is 11.1 Å². The second-order valence-electron chi connectivity index (χ2n) is 4.93. The highest BCUT2D eigenvalue weighted by molar-refractivity contribution is 5.96. The van der Waals surface area contributed by atoms with E-state index in [1.807, 2.05) is 43.9 Å². The monoisotopic (exact) mass is 288 g/mol. The molecule has 1 atom stereocenters. The van der Waals surface area contributed by atoms with Crippen molar-refractivity contribution in [1.29, 1.82) is 0 Å². The van der Waals surface area contributed by atoms with Gasteiger partial charge in [0, 0.05) is 24.8 Å². The molecule has 21 heavy (non-hydrogen) atoms. The highest BCUT2D eigenvalue weighted by Gasteiger charge is 2.21. The van der Waals surface area contributed by atoms with Crippen LogP contribution in [0.1, 0.15) is 35.3 Å². The summed E-state index contributed by atoms with van der Waals surface area (Å²) in [5, 5.41) is 0. The number of hydrogen-bond donors (Lipinski definition) is 1. The van der Waals surface area contributed by atoms with E-state index in [2.05, 4.69) is 11.8 Å². The van der Waals surface area contributed by atoms with Gasteiger partial charge >= 0.3 is 0 Å². The lowest BCUT2D eigenvalue weighted by molar-refractivity contribution is 0.0578. The van der Waals surface area contributed by atoms with Gasteiger partial charge in [0.25, 0.3) is 5.91 Å². The number of ether oxygens (including phenoxy) is 1. The Morgan fingerprint density at radius 1 is 1.48 bits per heavy atom. The highest BCUT2D eigenvalue weighted by Crippen LogP contribution is 2.15. The molecule has 2 N–H and O–H groups in total. The summed E-state index contributed by atoms with van der Waals surface area (Å²) in [6.45, 7) is 7.36. The molecule has 1 amide bonds. The summed E-state index contributed by atoms with van der Waals surface area (Å²) in [5.74, 6) is 5.79. The maximum atomic E-state index is 12.7. The molecule has 1 aromatic rings. The fourth-order valence-electron chi connectivity index (χ4n) is 2.22. The minimum absolute atomic E-state index is 0.0101. The molecule has 0 fully saturated rings. The number of methoxy groups -OCH3 is 1. The minimum atomic E-state index is 0.0101. The smallest absolute Gasteiger partial charge is 0.254 e. The molecule has 1 rings (SSSR count). The van der Waals surface area contributed by atoms with Gasteiger partial charge in [0.2, 0.25) is 0 Å². The van der Waals surface area contributed by atoms with Gasteiger partial charge in [0.15, 0.2) is 0 Å². The van der Waals surface area contributed by atoms with Crippen molar-refractivity contribution in [3.05, 3.63) is 34.9 Å². The number of nitrogens with zero attached hydrogens (tertiary/aromatic N) is 1. The average Bonchev–Trinajstić information content (AvgIpc) is 2.47. The van der Waals surface area contributed by atoms with Crippen molar-refractivity contribution in [1.82, 2.24) is 4.90 Å². The number of nitrogens with two attached hydrogens (primary N) is 1. The van der Waals surface area contributed by atoms with Crippen LogP contribution in [0, 0.1) is 18.8 Å². The predicted octanol–water partition coefficient (Wildman–Crippen LogP) is 1.80. The summed E-state index contributed by atoms with van der Waals surface area (Å²) in [7, 11) is 1.64. The quantitative estimate of drug-likeness (QED) is 0.841. The number of amides is 1. The van der Waals surface area contributed by atoms with Crippen molar-refractivity contribution in [2.75, 3.05) is 26.8 Å². The van der Waals surface area contributed by atoms with Gasteiger partial charge in [-0.3, -0.25) is 4.79 Å². The third-order valence-electron chi connectivity index (χ3n) is 3.34. The van der Waals surface area contributed by atoms with E-state index in [1.165, 1.54) is 0 Å². The van der Waals surface area contributed by atoms with Gasteiger partial charge < -0.3 is 15.4 Å².